The van der Waals surface area contributed by atoms with E-state index in [0.29, 0.717) is 38.9 Å². The zero-order chi connectivity index (χ0) is 16.7. The fraction of sp³-hybridized carbons (Fsp3) is 0.556. The number of ether oxygens (including phenoxy) is 1. The Bertz CT molecular complexity index is 532. The van der Waals surface area contributed by atoms with Crippen LogP contribution < -0.4 is 5.32 Å². The topological polar surface area (TPSA) is 75.6 Å². The maximum absolute atomic E-state index is 12.0. The summed E-state index contributed by atoms with van der Waals surface area (Å²) in [5.74, 6) is -0.951. The van der Waals surface area contributed by atoms with Gasteiger partial charge in [0.15, 0.2) is 0 Å². The minimum atomic E-state index is -0.878. The summed E-state index contributed by atoms with van der Waals surface area (Å²) in [4.78, 5) is 23.5. The molecule has 23 heavy (non-hydrogen) atoms. The highest BCUT2D eigenvalue weighted by Gasteiger charge is 2.40. The summed E-state index contributed by atoms with van der Waals surface area (Å²) in [6.07, 6.45) is 2.93. The number of aryl methyl sites for hydroxylation is 2. The maximum atomic E-state index is 12.0. The zero-order valence-corrected chi connectivity index (χ0v) is 13.6. The van der Waals surface area contributed by atoms with Crippen molar-refractivity contribution >= 4 is 11.9 Å². The first-order valence-electron chi connectivity index (χ1n) is 8.21. The van der Waals surface area contributed by atoms with Gasteiger partial charge in [0.2, 0.25) is 5.91 Å². The van der Waals surface area contributed by atoms with Crippen LogP contribution in [0, 0.1) is 5.41 Å². The molecular formula is C18H25NO4. The third kappa shape index (κ3) is 4.79. The molecule has 5 heteroatoms. The Kier molecular flexibility index (Phi) is 6.16. The third-order valence-electron chi connectivity index (χ3n) is 4.60. The highest BCUT2D eigenvalue weighted by Crippen LogP contribution is 2.30. The summed E-state index contributed by atoms with van der Waals surface area (Å²) in [5, 5.41) is 12.2. The lowest BCUT2D eigenvalue weighted by Gasteiger charge is -2.33. The summed E-state index contributed by atoms with van der Waals surface area (Å²) in [7, 11) is 0. The maximum Gasteiger partial charge on any atom is 0.311 e. The van der Waals surface area contributed by atoms with Gasteiger partial charge in [0.25, 0.3) is 0 Å². The second-order valence-electron chi connectivity index (χ2n) is 6.14. The molecule has 1 saturated heterocycles. The Balaban J connectivity index is 1.80. The van der Waals surface area contributed by atoms with Gasteiger partial charge in [-0.1, -0.05) is 31.2 Å². The largest absolute Gasteiger partial charge is 0.481 e. The normalized spacial score (nSPS) is 16.7. The number of aliphatic carboxylic acids is 1. The monoisotopic (exact) mass is 319 g/mol. The van der Waals surface area contributed by atoms with E-state index in [-0.39, 0.29) is 12.5 Å². The third-order valence-corrected chi connectivity index (χ3v) is 4.60. The van der Waals surface area contributed by atoms with Crippen LogP contribution in [0.1, 0.15) is 37.3 Å². The smallest absolute Gasteiger partial charge is 0.311 e. The van der Waals surface area contributed by atoms with Gasteiger partial charge in [0, 0.05) is 26.2 Å². The molecule has 126 valence electrons. The van der Waals surface area contributed by atoms with Crippen LogP contribution in [0.4, 0.5) is 0 Å². The molecule has 0 bridgehead atoms. The lowest BCUT2D eigenvalue weighted by atomic mass is 9.80. The van der Waals surface area contributed by atoms with Crippen molar-refractivity contribution in [1.82, 2.24) is 5.32 Å². The molecule has 0 atom stereocenters. The number of benzene rings is 1. The van der Waals surface area contributed by atoms with Crippen molar-refractivity contribution < 1.29 is 19.4 Å². The van der Waals surface area contributed by atoms with Crippen LogP contribution in [0.3, 0.4) is 0 Å². The lowest BCUT2D eigenvalue weighted by molar-refractivity contribution is -0.154. The van der Waals surface area contributed by atoms with Gasteiger partial charge < -0.3 is 15.2 Å². The summed E-state index contributed by atoms with van der Waals surface area (Å²) in [6.45, 7) is 3.16. The molecule has 2 N–H and O–H groups in total. The zero-order valence-electron chi connectivity index (χ0n) is 13.6. The Morgan fingerprint density at radius 3 is 2.35 bits per heavy atom. The first-order valence-corrected chi connectivity index (χ1v) is 8.21. The molecule has 1 aliphatic rings. The fourth-order valence-corrected chi connectivity index (χ4v) is 2.78. The van der Waals surface area contributed by atoms with Crippen LogP contribution >= 0.6 is 0 Å². The van der Waals surface area contributed by atoms with Gasteiger partial charge in [-0.05, 0) is 36.8 Å². The van der Waals surface area contributed by atoms with Gasteiger partial charge in [-0.3, -0.25) is 9.59 Å². The number of rotatable bonds is 7. The highest BCUT2D eigenvalue weighted by molar-refractivity contribution is 5.79. The van der Waals surface area contributed by atoms with Gasteiger partial charge in [0.1, 0.15) is 0 Å². The van der Waals surface area contributed by atoms with Crippen LogP contribution in [-0.4, -0.2) is 36.7 Å². The molecule has 0 radical (unpaired) electrons. The number of carbonyl (C=O) groups excluding carboxylic acids is 1. The van der Waals surface area contributed by atoms with Crippen LogP contribution in [0.5, 0.6) is 0 Å². The van der Waals surface area contributed by atoms with Crippen molar-refractivity contribution in [3.63, 3.8) is 0 Å². The van der Waals surface area contributed by atoms with E-state index in [9.17, 15) is 14.7 Å². The molecule has 1 fully saturated rings. The lowest BCUT2D eigenvalue weighted by Crippen LogP contribution is -2.46. The predicted octanol–water partition coefficient (Wildman–Crippen LogP) is 2.18. The van der Waals surface area contributed by atoms with E-state index in [1.165, 1.54) is 5.56 Å². The fourth-order valence-electron chi connectivity index (χ4n) is 2.78. The summed E-state index contributed by atoms with van der Waals surface area (Å²) >= 11 is 0. The van der Waals surface area contributed by atoms with Crippen molar-refractivity contribution in [2.45, 2.75) is 39.0 Å². The van der Waals surface area contributed by atoms with Gasteiger partial charge >= 0.3 is 5.97 Å². The molecule has 1 heterocycles. The van der Waals surface area contributed by atoms with Crippen LogP contribution in [0.2, 0.25) is 0 Å². The van der Waals surface area contributed by atoms with Gasteiger partial charge in [-0.25, -0.2) is 0 Å². The molecule has 0 saturated carbocycles. The molecule has 0 spiro atoms. The summed E-state index contributed by atoms with van der Waals surface area (Å²) in [5.41, 5.74) is 1.52. The van der Waals surface area contributed by atoms with E-state index in [0.717, 1.165) is 12.0 Å². The summed E-state index contributed by atoms with van der Waals surface area (Å²) in [6, 6.07) is 8.25. The van der Waals surface area contributed by atoms with E-state index < -0.39 is 11.4 Å². The van der Waals surface area contributed by atoms with Crippen molar-refractivity contribution in [3.05, 3.63) is 35.4 Å². The van der Waals surface area contributed by atoms with Gasteiger partial charge in [-0.2, -0.15) is 0 Å². The Labute approximate surface area is 137 Å². The quantitative estimate of drug-likeness (QED) is 0.808. The first-order chi connectivity index (χ1) is 11.1. The Morgan fingerprint density at radius 2 is 1.78 bits per heavy atom. The van der Waals surface area contributed by atoms with E-state index >= 15 is 0 Å². The van der Waals surface area contributed by atoms with Crippen molar-refractivity contribution in [3.8, 4) is 0 Å². The Morgan fingerprint density at radius 1 is 1.17 bits per heavy atom. The second kappa shape index (κ2) is 8.11. The Hall–Kier alpha value is -1.88. The van der Waals surface area contributed by atoms with E-state index in [1.807, 2.05) is 12.1 Å². The second-order valence-corrected chi connectivity index (χ2v) is 6.14. The standard InChI is InChI=1S/C18H25NO4/c1-2-14-3-5-15(6-4-14)7-8-16(20)19-13-18(17(21)22)9-11-23-12-10-18/h3-6H,2,7-13H2,1H3,(H,19,20)(H,21,22). The predicted molar refractivity (Wildman–Crippen MR) is 87.3 cm³/mol. The van der Waals surface area contributed by atoms with E-state index in [2.05, 4.69) is 24.4 Å². The first kappa shape index (κ1) is 17.5. The van der Waals surface area contributed by atoms with Gasteiger partial charge in [-0.15, -0.1) is 0 Å². The number of hydrogen-bond donors (Lipinski definition) is 2. The minimum absolute atomic E-state index is 0.100. The highest BCUT2D eigenvalue weighted by atomic mass is 16.5. The van der Waals surface area contributed by atoms with E-state index in [4.69, 9.17) is 4.74 Å². The number of hydrogen-bond acceptors (Lipinski definition) is 3. The molecule has 1 aromatic carbocycles. The molecule has 0 aliphatic carbocycles. The molecular weight excluding hydrogens is 294 g/mol. The average molecular weight is 319 g/mol. The number of carboxylic acids is 1. The number of carbonyl (C=O) groups is 2. The number of carboxylic acid groups (broad SMARTS) is 1. The van der Waals surface area contributed by atoms with Crippen molar-refractivity contribution in [2.75, 3.05) is 19.8 Å². The molecule has 0 aromatic heterocycles. The van der Waals surface area contributed by atoms with E-state index in [1.54, 1.807) is 0 Å². The molecule has 2 rings (SSSR count). The minimum Gasteiger partial charge on any atom is -0.481 e. The SMILES string of the molecule is CCc1ccc(CCC(=O)NCC2(C(=O)O)CCOCC2)cc1. The summed E-state index contributed by atoms with van der Waals surface area (Å²) < 4.78 is 5.23. The number of nitrogens with one attached hydrogen (secondary N) is 1. The van der Waals surface area contributed by atoms with Crippen molar-refractivity contribution in [2.24, 2.45) is 5.41 Å². The van der Waals surface area contributed by atoms with Crippen LogP contribution in [-0.2, 0) is 27.2 Å². The van der Waals surface area contributed by atoms with Crippen molar-refractivity contribution in [1.29, 1.82) is 0 Å². The average Bonchev–Trinajstić information content (AvgIpc) is 2.59. The molecule has 1 aromatic rings. The molecule has 1 amide bonds. The molecule has 1 aliphatic heterocycles. The molecule has 0 unspecified atom stereocenters. The molecule has 5 nitrogen and oxygen atoms in total. The van der Waals surface area contributed by atoms with Crippen LogP contribution in [0.15, 0.2) is 24.3 Å². The van der Waals surface area contributed by atoms with Crippen LogP contribution in [0.25, 0.3) is 0 Å². The van der Waals surface area contributed by atoms with Gasteiger partial charge in [0.05, 0.1) is 5.41 Å². The number of amides is 1.